The van der Waals surface area contributed by atoms with Crippen LogP contribution in [0.4, 0.5) is 5.69 Å². The van der Waals surface area contributed by atoms with Gasteiger partial charge in [-0.25, -0.2) is 4.98 Å². The number of allylic oxidation sites excluding steroid dienone is 1. The summed E-state index contributed by atoms with van der Waals surface area (Å²) in [4.78, 5) is 30.4. The van der Waals surface area contributed by atoms with Crippen molar-refractivity contribution in [3.63, 3.8) is 0 Å². The van der Waals surface area contributed by atoms with Crippen molar-refractivity contribution in [1.82, 2.24) is 9.55 Å². The molecule has 0 saturated carbocycles. The molecule has 4 aromatic rings. The monoisotopic (exact) mass is 407 g/mol. The molecule has 2 aromatic heterocycles. The van der Waals surface area contributed by atoms with Gasteiger partial charge in [-0.2, -0.15) is 0 Å². The number of hydrogen-bond acceptors (Lipinski definition) is 5. The number of rotatable bonds is 6. The summed E-state index contributed by atoms with van der Waals surface area (Å²) in [6.45, 7) is 4.06. The summed E-state index contributed by atoms with van der Waals surface area (Å²) in [7, 11) is 0. The van der Waals surface area contributed by atoms with Gasteiger partial charge in [0, 0.05) is 17.6 Å². The summed E-state index contributed by atoms with van der Waals surface area (Å²) in [6.07, 6.45) is 1.65. The minimum absolute atomic E-state index is 0.108. The lowest BCUT2D eigenvalue weighted by atomic mass is 10.1. The molecular formula is C21H17N3O2S2. The normalized spacial score (nSPS) is 11.0. The molecule has 1 N–H and O–H groups in total. The van der Waals surface area contributed by atoms with Gasteiger partial charge in [-0.3, -0.25) is 14.2 Å². The Balaban J connectivity index is 1.55. The molecule has 0 fully saturated rings. The molecule has 1 amide bonds. The second-order valence-corrected chi connectivity index (χ2v) is 7.94. The van der Waals surface area contributed by atoms with Crippen LogP contribution in [0.1, 0.15) is 0 Å². The van der Waals surface area contributed by atoms with Gasteiger partial charge in [-0.15, -0.1) is 17.9 Å². The Bertz CT molecular complexity index is 1240. The van der Waals surface area contributed by atoms with Gasteiger partial charge < -0.3 is 5.32 Å². The molecule has 0 aliphatic carbocycles. The van der Waals surface area contributed by atoms with Crippen molar-refractivity contribution >= 4 is 55.7 Å². The quantitative estimate of drug-likeness (QED) is 0.290. The molecule has 0 radical (unpaired) electrons. The number of nitrogens with zero attached hydrogens (tertiary/aromatic N) is 2. The standard InChI is InChI=1S/C21H17N3O2S2/c1-2-11-24-20(26)16-10-12-27-19(16)23-21(24)28-13-18(25)22-17-9-5-7-14-6-3-4-8-15(14)17/h2-10,12H,1,11,13H2,(H,22,25). The third-order valence-corrected chi connectivity index (χ3v) is 6.04. The fraction of sp³-hybridized carbons (Fsp3) is 0.0952. The fourth-order valence-corrected chi connectivity index (χ4v) is 4.59. The second-order valence-electron chi connectivity index (χ2n) is 6.10. The molecule has 0 aliphatic heterocycles. The highest BCUT2D eigenvalue weighted by Gasteiger charge is 2.14. The average molecular weight is 408 g/mol. The van der Waals surface area contributed by atoms with Crippen LogP contribution in [0.2, 0.25) is 0 Å². The lowest BCUT2D eigenvalue weighted by Crippen LogP contribution is -2.23. The highest BCUT2D eigenvalue weighted by atomic mass is 32.2. The maximum Gasteiger partial charge on any atom is 0.263 e. The molecule has 4 rings (SSSR count). The zero-order chi connectivity index (χ0) is 19.5. The van der Waals surface area contributed by atoms with Crippen molar-refractivity contribution in [2.24, 2.45) is 0 Å². The van der Waals surface area contributed by atoms with Gasteiger partial charge in [0.15, 0.2) is 5.16 Å². The van der Waals surface area contributed by atoms with Gasteiger partial charge >= 0.3 is 0 Å². The summed E-state index contributed by atoms with van der Waals surface area (Å²) in [6, 6.07) is 15.5. The van der Waals surface area contributed by atoms with Crippen molar-refractivity contribution in [3.8, 4) is 0 Å². The fourth-order valence-electron chi connectivity index (χ4n) is 2.98. The lowest BCUT2D eigenvalue weighted by molar-refractivity contribution is -0.113. The minimum atomic E-state index is -0.146. The minimum Gasteiger partial charge on any atom is -0.325 e. The first-order valence-electron chi connectivity index (χ1n) is 8.66. The molecule has 0 atom stereocenters. The number of amides is 1. The number of fused-ring (bicyclic) bond motifs is 2. The largest absolute Gasteiger partial charge is 0.325 e. The van der Waals surface area contributed by atoms with E-state index in [1.165, 1.54) is 23.1 Å². The Morgan fingerprint density at radius 2 is 2.00 bits per heavy atom. The van der Waals surface area contributed by atoms with Crippen LogP contribution in [-0.4, -0.2) is 21.2 Å². The first-order chi connectivity index (χ1) is 13.7. The number of thioether (sulfide) groups is 1. The van der Waals surface area contributed by atoms with E-state index in [4.69, 9.17) is 0 Å². The first-order valence-corrected chi connectivity index (χ1v) is 10.5. The first kappa shape index (κ1) is 18.5. The highest BCUT2D eigenvalue weighted by Crippen LogP contribution is 2.24. The van der Waals surface area contributed by atoms with Crippen LogP contribution in [0.25, 0.3) is 21.0 Å². The van der Waals surface area contributed by atoms with E-state index in [0.717, 1.165) is 16.5 Å². The zero-order valence-corrected chi connectivity index (χ0v) is 16.6. The summed E-state index contributed by atoms with van der Waals surface area (Å²) in [5, 5.41) is 7.98. The van der Waals surface area contributed by atoms with Crippen LogP contribution in [0.3, 0.4) is 0 Å². The Labute approximate surface area is 169 Å². The number of benzene rings is 2. The third kappa shape index (κ3) is 3.58. The number of nitrogens with one attached hydrogen (secondary N) is 1. The van der Waals surface area contributed by atoms with E-state index in [1.54, 1.807) is 16.7 Å². The predicted molar refractivity (Wildman–Crippen MR) is 117 cm³/mol. The van der Waals surface area contributed by atoms with E-state index < -0.39 is 0 Å². The molecule has 0 unspecified atom stereocenters. The molecule has 28 heavy (non-hydrogen) atoms. The van der Waals surface area contributed by atoms with Crippen molar-refractivity contribution in [1.29, 1.82) is 0 Å². The van der Waals surface area contributed by atoms with Crippen LogP contribution in [0, 0.1) is 0 Å². The molecule has 5 nitrogen and oxygen atoms in total. The van der Waals surface area contributed by atoms with Crippen molar-refractivity contribution in [3.05, 3.63) is 76.9 Å². The Morgan fingerprint density at radius 3 is 2.86 bits per heavy atom. The molecule has 2 heterocycles. The maximum absolute atomic E-state index is 12.7. The molecule has 2 aromatic carbocycles. The van der Waals surface area contributed by atoms with Crippen molar-refractivity contribution in [2.45, 2.75) is 11.7 Å². The highest BCUT2D eigenvalue weighted by molar-refractivity contribution is 7.99. The van der Waals surface area contributed by atoms with Crippen LogP contribution in [0.15, 0.2) is 76.5 Å². The summed E-state index contributed by atoms with van der Waals surface area (Å²) in [5.74, 6) is 0.0102. The smallest absolute Gasteiger partial charge is 0.263 e. The SMILES string of the molecule is C=CCn1c(SCC(=O)Nc2cccc3ccccc23)nc2sccc2c1=O. The lowest BCUT2D eigenvalue weighted by Gasteiger charge is -2.11. The average Bonchev–Trinajstić information content (AvgIpc) is 3.18. The molecule has 0 bridgehead atoms. The maximum atomic E-state index is 12.7. The van der Waals surface area contributed by atoms with Gasteiger partial charge in [0.05, 0.1) is 11.1 Å². The van der Waals surface area contributed by atoms with E-state index in [1.807, 2.05) is 47.8 Å². The summed E-state index contributed by atoms with van der Waals surface area (Å²) in [5.41, 5.74) is 0.664. The predicted octanol–water partition coefficient (Wildman–Crippen LogP) is 4.53. The second kappa shape index (κ2) is 8.00. The van der Waals surface area contributed by atoms with Gasteiger partial charge in [0.1, 0.15) is 4.83 Å². The van der Waals surface area contributed by atoms with Crippen LogP contribution < -0.4 is 10.9 Å². The molecule has 0 saturated heterocycles. The van der Waals surface area contributed by atoms with E-state index >= 15 is 0 Å². The summed E-state index contributed by atoms with van der Waals surface area (Å²) < 4.78 is 1.55. The Kier molecular flexibility index (Phi) is 5.27. The number of aromatic nitrogens is 2. The van der Waals surface area contributed by atoms with Gasteiger partial charge in [0.25, 0.3) is 5.56 Å². The van der Waals surface area contributed by atoms with Gasteiger partial charge in [-0.1, -0.05) is 54.2 Å². The Morgan fingerprint density at radius 1 is 1.18 bits per heavy atom. The van der Waals surface area contributed by atoms with E-state index in [0.29, 0.717) is 21.9 Å². The molecular weight excluding hydrogens is 390 g/mol. The molecule has 7 heteroatoms. The molecule has 0 aliphatic rings. The van der Waals surface area contributed by atoms with Crippen LogP contribution in [0.5, 0.6) is 0 Å². The number of thiophene rings is 1. The van der Waals surface area contributed by atoms with E-state index in [-0.39, 0.29) is 17.2 Å². The number of carbonyl (C=O) groups excluding carboxylic acids is 1. The summed E-state index contributed by atoms with van der Waals surface area (Å²) >= 11 is 2.67. The Hall–Kier alpha value is -2.90. The van der Waals surface area contributed by atoms with Gasteiger partial charge in [-0.05, 0) is 22.9 Å². The van der Waals surface area contributed by atoms with Crippen molar-refractivity contribution < 1.29 is 4.79 Å². The van der Waals surface area contributed by atoms with Gasteiger partial charge in [0.2, 0.25) is 5.91 Å². The van der Waals surface area contributed by atoms with E-state index in [9.17, 15) is 9.59 Å². The third-order valence-electron chi connectivity index (χ3n) is 4.26. The number of anilines is 1. The number of hydrogen-bond donors (Lipinski definition) is 1. The zero-order valence-electron chi connectivity index (χ0n) is 14.9. The number of carbonyl (C=O) groups is 1. The van der Waals surface area contributed by atoms with Crippen molar-refractivity contribution in [2.75, 3.05) is 11.1 Å². The molecule has 140 valence electrons. The van der Waals surface area contributed by atoms with E-state index in [2.05, 4.69) is 16.9 Å². The van der Waals surface area contributed by atoms with Crippen LogP contribution >= 0.6 is 23.1 Å². The molecule has 0 spiro atoms. The van der Waals surface area contributed by atoms with Crippen LogP contribution in [-0.2, 0) is 11.3 Å². The topological polar surface area (TPSA) is 64.0 Å².